The molecule has 5 heterocycles. The van der Waals surface area contributed by atoms with Gasteiger partial charge in [-0.25, -0.2) is 14.4 Å². The van der Waals surface area contributed by atoms with E-state index in [9.17, 15) is 33.2 Å². The van der Waals surface area contributed by atoms with Crippen LogP contribution in [0.1, 0.15) is 95.3 Å². The van der Waals surface area contributed by atoms with Crippen LogP contribution in [-0.4, -0.2) is 133 Å². The Hall–Kier alpha value is -6.64. The van der Waals surface area contributed by atoms with E-state index >= 15 is 0 Å². The van der Waals surface area contributed by atoms with Gasteiger partial charge < -0.3 is 40.2 Å². The number of unbranched alkanes of at least 4 members (excludes halogenated alkanes) is 4. The first-order chi connectivity index (χ1) is 32.6. The number of rotatable bonds is 28. The average Bonchev–Trinajstić information content (AvgIpc) is 4.11. The minimum atomic E-state index is -1.36. The highest BCUT2D eigenvalue weighted by atomic mass is 19.1. The van der Waals surface area contributed by atoms with E-state index in [1.165, 1.54) is 24.4 Å². The van der Waals surface area contributed by atoms with Gasteiger partial charge in [0.25, 0.3) is 23.6 Å². The highest BCUT2D eigenvalue weighted by molar-refractivity contribution is 6.24. The van der Waals surface area contributed by atoms with Crippen LogP contribution in [0.4, 0.5) is 21.7 Å². The molecule has 2 atom stereocenters. The molecule has 3 aliphatic rings. The van der Waals surface area contributed by atoms with Gasteiger partial charge in [0.15, 0.2) is 6.61 Å². The molecule has 67 heavy (non-hydrogen) atoms. The van der Waals surface area contributed by atoms with Gasteiger partial charge in [-0.2, -0.15) is 0 Å². The van der Waals surface area contributed by atoms with Crippen molar-refractivity contribution in [3.05, 3.63) is 77.7 Å². The third-order valence-electron chi connectivity index (χ3n) is 11.1. The first kappa shape index (κ1) is 48.3. The molecular weight excluding hydrogens is 870 g/mol. The maximum atomic E-state index is 14.6. The number of amides is 6. The van der Waals surface area contributed by atoms with Crippen molar-refractivity contribution in [2.75, 3.05) is 70.0 Å². The van der Waals surface area contributed by atoms with Gasteiger partial charge in [0.1, 0.15) is 29.6 Å². The number of pyridine rings is 3. The van der Waals surface area contributed by atoms with Crippen LogP contribution in [0.5, 0.6) is 5.75 Å². The fourth-order valence-corrected chi connectivity index (χ4v) is 7.45. The van der Waals surface area contributed by atoms with Crippen molar-refractivity contribution in [3.8, 4) is 5.75 Å². The number of carbonyl (C=O) groups excluding carboxylic acids is 6. The maximum absolute atomic E-state index is 14.6. The molecular formula is C47H56FN9O10. The van der Waals surface area contributed by atoms with Gasteiger partial charge in [0.05, 0.1) is 54.3 Å². The summed E-state index contributed by atoms with van der Waals surface area (Å²) in [6, 6.07) is 11.0. The van der Waals surface area contributed by atoms with Crippen LogP contribution in [0.25, 0.3) is 10.9 Å². The maximum Gasteiger partial charge on any atom is 0.266 e. The van der Waals surface area contributed by atoms with Gasteiger partial charge in [-0.1, -0.05) is 6.07 Å². The molecule has 0 bridgehead atoms. The normalized spacial score (nSPS) is 16.1. The molecule has 0 spiro atoms. The van der Waals surface area contributed by atoms with Crippen molar-refractivity contribution in [2.45, 2.75) is 82.5 Å². The molecule has 1 aromatic carbocycles. The van der Waals surface area contributed by atoms with Gasteiger partial charge in [-0.3, -0.25) is 44.0 Å². The third kappa shape index (κ3) is 13.9. The van der Waals surface area contributed by atoms with Crippen molar-refractivity contribution >= 4 is 63.7 Å². The third-order valence-corrected chi connectivity index (χ3v) is 11.1. The second-order valence-electron chi connectivity index (χ2n) is 16.4. The minimum absolute atomic E-state index is 0.0119. The summed E-state index contributed by atoms with van der Waals surface area (Å²) in [6.07, 6.45) is 10.4. The summed E-state index contributed by atoms with van der Waals surface area (Å²) in [4.78, 5) is 89.5. The molecule has 2 unspecified atom stereocenters. The molecule has 6 amide bonds. The zero-order valence-corrected chi connectivity index (χ0v) is 37.2. The summed E-state index contributed by atoms with van der Waals surface area (Å²) in [6.45, 7) is 2.23. The van der Waals surface area contributed by atoms with Crippen molar-refractivity contribution in [1.82, 2.24) is 35.8 Å². The molecule has 1 aliphatic carbocycles. The van der Waals surface area contributed by atoms with Crippen LogP contribution in [0.3, 0.4) is 0 Å². The molecule has 4 aromatic rings. The van der Waals surface area contributed by atoms with E-state index in [0.29, 0.717) is 62.5 Å². The number of nitrogens with zero attached hydrogens (tertiary/aromatic N) is 4. The first-order valence-electron chi connectivity index (χ1n) is 22.8. The summed E-state index contributed by atoms with van der Waals surface area (Å²) < 4.78 is 37.1. The van der Waals surface area contributed by atoms with Crippen LogP contribution in [0, 0.1) is 0 Å². The highest BCUT2D eigenvalue weighted by Crippen LogP contribution is 2.34. The van der Waals surface area contributed by atoms with Crippen LogP contribution in [-0.2, 0) is 28.6 Å². The lowest BCUT2D eigenvalue weighted by molar-refractivity contribution is -0.136. The number of carbonyl (C=O) groups is 6. The molecule has 20 heteroatoms. The van der Waals surface area contributed by atoms with Gasteiger partial charge in [0, 0.05) is 68.9 Å². The monoisotopic (exact) mass is 925 g/mol. The number of fused-ring (bicyclic) bond motifs is 2. The largest absolute Gasteiger partial charge is 0.483 e. The summed E-state index contributed by atoms with van der Waals surface area (Å²) in [5, 5.41) is 15.1. The van der Waals surface area contributed by atoms with E-state index in [1.54, 1.807) is 18.5 Å². The fourth-order valence-electron chi connectivity index (χ4n) is 7.45. The molecule has 2 fully saturated rings. The van der Waals surface area contributed by atoms with E-state index in [2.05, 4.69) is 41.5 Å². The van der Waals surface area contributed by atoms with E-state index in [4.69, 9.17) is 18.9 Å². The number of aromatic nitrogens is 3. The average molecular weight is 926 g/mol. The van der Waals surface area contributed by atoms with Crippen molar-refractivity contribution < 1.29 is 52.1 Å². The molecule has 3 aromatic heterocycles. The summed E-state index contributed by atoms with van der Waals surface area (Å²) >= 11 is 0. The minimum Gasteiger partial charge on any atom is -0.483 e. The predicted octanol–water partition coefficient (Wildman–Crippen LogP) is 4.40. The van der Waals surface area contributed by atoms with E-state index in [0.717, 1.165) is 67.2 Å². The number of benzene rings is 1. The number of alkyl halides is 1. The first-order valence-corrected chi connectivity index (χ1v) is 22.8. The second-order valence-corrected chi connectivity index (χ2v) is 16.4. The quantitative estimate of drug-likeness (QED) is 0.0392. The highest BCUT2D eigenvalue weighted by Gasteiger charge is 2.46. The van der Waals surface area contributed by atoms with E-state index < -0.39 is 41.7 Å². The molecule has 0 radical (unpaired) electrons. The predicted molar refractivity (Wildman–Crippen MR) is 243 cm³/mol. The van der Waals surface area contributed by atoms with Crippen molar-refractivity contribution in [3.63, 3.8) is 0 Å². The molecule has 1 saturated heterocycles. The number of hydrogen-bond acceptors (Lipinski definition) is 15. The summed E-state index contributed by atoms with van der Waals surface area (Å²) in [5.41, 5.74) is 1.80. The van der Waals surface area contributed by atoms with E-state index in [1.807, 2.05) is 18.2 Å². The number of hydrogen-bond donors (Lipinski definition) is 5. The summed E-state index contributed by atoms with van der Waals surface area (Å²) in [5.74, 6) is -2.14. The number of nitrogens with one attached hydrogen (secondary N) is 5. The number of imide groups is 2. The Balaban J connectivity index is 0.660. The molecule has 2 aliphatic heterocycles. The van der Waals surface area contributed by atoms with Gasteiger partial charge in [-0.05, 0) is 88.1 Å². The molecule has 5 N–H and O–H groups in total. The lowest BCUT2D eigenvalue weighted by Gasteiger charge is -2.27. The number of anilines is 3. The number of halogens is 1. The van der Waals surface area contributed by atoms with Crippen LogP contribution in [0.15, 0.2) is 61.1 Å². The Morgan fingerprint density at radius 3 is 2.39 bits per heavy atom. The second kappa shape index (κ2) is 24.2. The zero-order chi connectivity index (χ0) is 47.0. The SMILES string of the molecule is O=C(COc1cccc2c1C(=O)N(C1CCC(=O)NC1=O)C2=O)NCCCCCOCCOCCCCCOCC(F)CNC(=O)c1cnc(Nc2ccc3cnccc3n2)cc1NC1CC1. The Morgan fingerprint density at radius 1 is 0.836 bits per heavy atom. The van der Waals surface area contributed by atoms with Crippen molar-refractivity contribution in [1.29, 1.82) is 0 Å². The lowest BCUT2D eigenvalue weighted by atomic mass is 10.0. The van der Waals surface area contributed by atoms with Crippen molar-refractivity contribution in [2.24, 2.45) is 0 Å². The van der Waals surface area contributed by atoms with E-state index in [-0.39, 0.29) is 61.4 Å². The summed E-state index contributed by atoms with van der Waals surface area (Å²) in [7, 11) is 0. The van der Waals surface area contributed by atoms with Gasteiger partial charge >= 0.3 is 0 Å². The van der Waals surface area contributed by atoms with Gasteiger partial charge in [0.2, 0.25) is 11.8 Å². The van der Waals surface area contributed by atoms with Crippen LogP contribution < -0.4 is 31.3 Å². The Kier molecular flexibility index (Phi) is 17.5. The fraction of sp³-hybridized carbons (Fsp3) is 0.468. The zero-order valence-electron chi connectivity index (χ0n) is 37.2. The number of piperidine rings is 1. The smallest absolute Gasteiger partial charge is 0.266 e. The standard InChI is InChI=1S/C47H56FN9O10/c48-31(26-52-44(60)34-27-51-40(24-36(34)53-32-11-12-32)55-39-14-10-30-25-49-18-16-35(30)54-39)28-66-21-6-2-5-20-65-23-22-64-19-4-1-3-17-50-42(59)29-67-38-9-7-8-33-43(38)47(63)57(46(33)62)37-13-15-41(58)56-45(37)61/h7-10,14,16,18,24-25,27,31-32,37H,1-6,11-13,15,17,19-23,26,28-29H2,(H,50,59)(H,52,60)(H,56,58,61)(H2,51,53,54,55). The lowest BCUT2D eigenvalue weighted by Crippen LogP contribution is -2.54. The molecule has 356 valence electrons. The van der Waals surface area contributed by atoms with Gasteiger partial charge in [-0.15, -0.1) is 0 Å². The Labute approximate surface area is 386 Å². The molecule has 7 rings (SSSR count). The van der Waals surface area contributed by atoms with Crippen LogP contribution in [0.2, 0.25) is 0 Å². The topological polar surface area (TPSA) is 241 Å². The Bertz CT molecular complexity index is 2400. The number of ether oxygens (including phenoxy) is 4. The molecule has 19 nitrogen and oxygen atoms in total. The van der Waals surface area contributed by atoms with Crippen LogP contribution >= 0.6 is 0 Å². The molecule has 1 saturated carbocycles. The Morgan fingerprint density at radius 2 is 1.61 bits per heavy atom.